The van der Waals surface area contributed by atoms with Gasteiger partial charge >= 0.3 is 0 Å². The molecule has 1 unspecified atom stereocenters. The van der Waals surface area contributed by atoms with Gasteiger partial charge in [-0.05, 0) is 46.3 Å². The Hall–Kier alpha value is -0.870. The van der Waals surface area contributed by atoms with Gasteiger partial charge in [0.1, 0.15) is 0 Å². The van der Waals surface area contributed by atoms with E-state index < -0.39 is 0 Å². The van der Waals surface area contributed by atoms with Crippen LogP contribution in [0.4, 0.5) is 0 Å². The maximum absolute atomic E-state index is 4.51. The molecule has 96 valence electrons. The zero-order valence-electron chi connectivity index (χ0n) is 11.2. The van der Waals surface area contributed by atoms with E-state index in [0.717, 1.165) is 31.9 Å². The smallest absolute Gasteiger partial charge is 0.0597 e. The van der Waals surface area contributed by atoms with Gasteiger partial charge in [0.2, 0.25) is 0 Å². The summed E-state index contributed by atoms with van der Waals surface area (Å²) in [5.41, 5.74) is 2.47. The van der Waals surface area contributed by atoms with Gasteiger partial charge in [-0.2, -0.15) is 5.10 Å². The van der Waals surface area contributed by atoms with Crippen LogP contribution in [0.25, 0.3) is 0 Å². The SMILES string of the molecule is CCn1nc(C)cc1CN1CCCNC(C)C1. The molecule has 4 heteroatoms. The standard InChI is InChI=1S/C13H24N4/c1-4-17-13(8-11(2)15-17)10-16-7-5-6-14-12(3)9-16/h8,12,14H,4-7,9-10H2,1-3H3. The molecule has 1 aromatic heterocycles. The number of nitrogens with zero attached hydrogens (tertiary/aromatic N) is 3. The van der Waals surface area contributed by atoms with Crippen molar-refractivity contribution in [3.05, 3.63) is 17.5 Å². The van der Waals surface area contributed by atoms with Crippen LogP contribution in [0.5, 0.6) is 0 Å². The van der Waals surface area contributed by atoms with Gasteiger partial charge < -0.3 is 5.32 Å². The zero-order chi connectivity index (χ0) is 12.3. The minimum Gasteiger partial charge on any atom is -0.313 e. The molecule has 4 nitrogen and oxygen atoms in total. The summed E-state index contributed by atoms with van der Waals surface area (Å²) in [6.45, 7) is 11.9. The predicted octanol–water partition coefficient (Wildman–Crippen LogP) is 1.40. The Morgan fingerprint density at radius 1 is 1.53 bits per heavy atom. The normalized spacial score (nSPS) is 22.6. The summed E-state index contributed by atoms with van der Waals surface area (Å²) in [5.74, 6) is 0. The van der Waals surface area contributed by atoms with E-state index >= 15 is 0 Å². The summed E-state index contributed by atoms with van der Waals surface area (Å²) < 4.78 is 2.12. The van der Waals surface area contributed by atoms with Crippen LogP contribution in [-0.4, -0.2) is 40.4 Å². The molecule has 17 heavy (non-hydrogen) atoms. The fourth-order valence-corrected chi connectivity index (χ4v) is 2.57. The monoisotopic (exact) mass is 236 g/mol. The lowest BCUT2D eigenvalue weighted by Crippen LogP contribution is -2.35. The molecule has 2 heterocycles. The van der Waals surface area contributed by atoms with E-state index in [-0.39, 0.29) is 0 Å². The average Bonchev–Trinajstić information content (AvgIpc) is 2.50. The molecular formula is C13H24N4. The van der Waals surface area contributed by atoms with Crippen molar-refractivity contribution in [1.29, 1.82) is 0 Å². The fraction of sp³-hybridized carbons (Fsp3) is 0.769. The molecule has 1 N–H and O–H groups in total. The van der Waals surface area contributed by atoms with E-state index in [2.05, 4.69) is 46.8 Å². The van der Waals surface area contributed by atoms with E-state index in [0.29, 0.717) is 6.04 Å². The lowest BCUT2D eigenvalue weighted by molar-refractivity contribution is 0.256. The molecule has 0 amide bonds. The van der Waals surface area contributed by atoms with Crippen molar-refractivity contribution >= 4 is 0 Å². The van der Waals surface area contributed by atoms with Gasteiger partial charge in [-0.25, -0.2) is 0 Å². The first-order chi connectivity index (χ1) is 8.19. The van der Waals surface area contributed by atoms with Crippen molar-refractivity contribution in [2.75, 3.05) is 19.6 Å². The third-order valence-corrected chi connectivity index (χ3v) is 3.35. The highest BCUT2D eigenvalue weighted by atomic mass is 15.3. The molecule has 0 bridgehead atoms. The average molecular weight is 236 g/mol. The Morgan fingerprint density at radius 2 is 2.35 bits per heavy atom. The number of hydrogen-bond acceptors (Lipinski definition) is 3. The molecule has 1 saturated heterocycles. The van der Waals surface area contributed by atoms with Crippen molar-refractivity contribution < 1.29 is 0 Å². The van der Waals surface area contributed by atoms with Gasteiger partial charge in [0.05, 0.1) is 11.4 Å². The lowest BCUT2D eigenvalue weighted by Gasteiger charge is -2.22. The number of nitrogens with one attached hydrogen (secondary N) is 1. The van der Waals surface area contributed by atoms with E-state index in [1.807, 2.05) is 0 Å². The summed E-state index contributed by atoms with van der Waals surface area (Å²) in [6, 6.07) is 2.81. The molecule has 0 spiro atoms. The highest BCUT2D eigenvalue weighted by molar-refractivity contribution is 5.09. The second-order valence-electron chi connectivity index (χ2n) is 5.04. The highest BCUT2D eigenvalue weighted by Crippen LogP contribution is 2.10. The van der Waals surface area contributed by atoms with E-state index in [1.54, 1.807) is 0 Å². The Kier molecular flexibility index (Phi) is 4.18. The third kappa shape index (κ3) is 3.30. The first-order valence-corrected chi connectivity index (χ1v) is 6.68. The van der Waals surface area contributed by atoms with Crippen LogP contribution in [0, 0.1) is 6.92 Å². The number of aromatic nitrogens is 2. The van der Waals surface area contributed by atoms with Gasteiger partial charge in [-0.15, -0.1) is 0 Å². The van der Waals surface area contributed by atoms with Crippen molar-refractivity contribution in [2.45, 2.75) is 46.3 Å². The van der Waals surface area contributed by atoms with Gasteiger partial charge in [0.25, 0.3) is 0 Å². The largest absolute Gasteiger partial charge is 0.313 e. The van der Waals surface area contributed by atoms with Crippen LogP contribution in [0.2, 0.25) is 0 Å². The molecule has 1 aliphatic rings. The minimum atomic E-state index is 0.594. The molecule has 0 radical (unpaired) electrons. The Morgan fingerprint density at radius 3 is 3.12 bits per heavy atom. The number of aryl methyl sites for hydroxylation is 2. The summed E-state index contributed by atoms with van der Waals surface area (Å²) in [4.78, 5) is 2.54. The zero-order valence-corrected chi connectivity index (χ0v) is 11.2. The minimum absolute atomic E-state index is 0.594. The molecule has 1 aliphatic heterocycles. The highest BCUT2D eigenvalue weighted by Gasteiger charge is 2.16. The third-order valence-electron chi connectivity index (χ3n) is 3.35. The Bertz CT molecular complexity index is 358. The van der Waals surface area contributed by atoms with Gasteiger partial charge in [-0.1, -0.05) is 0 Å². The first-order valence-electron chi connectivity index (χ1n) is 6.68. The topological polar surface area (TPSA) is 33.1 Å². The van der Waals surface area contributed by atoms with E-state index in [9.17, 15) is 0 Å². The quantitative estimate of drug-likeness (QED) is 0.861. The van der Waals surface area contributed by atoms with Crippen LogP contribution in [0.1, 0.15) is 31.7 Å². The van der Waals surface area contributed by atoms with Crippen molar-refractivity contribution in [2.24, 2.45) is 0 Å². The first kappa shape index (κ1) is 12.6. The van der Waals surface area contributed by atoms with Crippen LogP contribution >= 0.6 is 0 Å². The van der Waals surface area contributed by atoms with Crippen molar-refractivity contribution in [3.63, 3.8) is 0 Å². The lowest BCUT2D eigenvalue weighted by atomic mass is 10.3. The summed E-state index contributed by atoms with van der Waals surface area (Å²) >= 11 is 0. The van der Waals surface area contributed by atoms with E-state index in [4.69, 9.17) is 0 Å². The summed E-state index contributed by atoms with van der Waals surface area (Å²) in [6.07, 6.45) is 1.24. The predicted molar refractivity (Wildman–Crippen MR) is 70.0 cm³/mol. The Labute approximate surface area is 104 Å². The summed E-state index contributed by atoms with van der Waals surface area (Å²) in [5, 5.41) is 8.04. The van der Waals surface area contributed by atoms with Gasteiger partial charge in [0.15, 0.2) is 0 Å². The molecule has 0 saturated carbocycles. The number of hydrogen-bond donors (Lipinski definition) is 1. The van der Waals surface area contributed by atoms with Crippen LogP contribution in [0.15, 0.2) is 6.07 Å². The van der Waals surface area contributed by atoms with Crippen LogP contribution < -0.4 is 5.32 Å². The molecule has 1 aromatic rings. The second-order valence-corrected chi connectivity index (χ2v) is 5.04. The molecule has 2 rings (SSSR count). The maximum Gasteiger partial charge on any atom is 0.0597 e. The maximum atomic E-state index is 4.51. The molecular weight excluding hydrogens is 212 g/mol. The van der Waals surface area contributed by atoms with Crippen LogP contribution in [0.3, 0.4) is 0 Å². The number of rotatable bonds is 3. The Balaban J connectivity index is 2.03. The summed E-state index contributed by atoms with van der Waals surface area (Å²) in [7, 11) is 0. The van der Waals surface area contributed by atoms with Gasteiger partial charge in [0, 0.05) is 25.7 Å². The molecule has 1 atom stereocenters. The molecule has 0 aromatic carbocycles. The van der Waals surface area contributed by atoms with Crippen LogP contribution in [-0.2, 0) is 13.1 Å². The van der Waals surface area contributed by atoms with Crippen molar-refractivity contribution in [3.8, 4) is 0 Å². The molecule has 0 aliphatic carbocycles. The van der Waals surface area contributed by atoms with Crippen molar-refractivity contribution in [1.82, 2.24) is 20.0 Å². The molecule has 1 fully saturated rings. The fourth-order valence-electron chi connectivity index (χ4n) is 2.57. The van der Waals surface area contributed by atoms with E-state index in [1.165, 1.54) is 18.7 Å². The van der Waals surface area contributed by atoms with Gasteiger partial charge in [-0.3, -0.25) is 9.58 Å². The second kappa shape index (κ2) is 5.65.